The smallest absolute Gasteiger partial charge is 0.314 e. The highest BCUT2D eigenvalue weighted by molar-refractivity contribution is 6.31. The van der Waals surface area contributed by atoms with Crippen LogP contribution in [0.15, 0.2) is 24.4 Å². The molecule has 1 heterocycles. The number of aromatic amines is 1. The van der Waals surface area contributed by atoms with Gasteiger partial charge in [-0.15, -0.1) is 12.4 Å². The second kappa shape index (κ2) is 6.09. The van der Waals surface area contributed by atoms with Crippen LogP contribution in [0.4, 0.5) is 0 Å². The molecule has 2 rings (SSSR count). The van der Waals surface area contributed by atoms with Crippen LogP contribution in [0.1, 0.15) is 11.5 Å². The topological polar surface area (TPSA) is 68.1 Å². The summed E-state index contributed by atoms with van der Waals surface area (Å²) in [4.78, 5) is 14.7. The van der Waals surface area contributed by atoms with Gasteiger partial charge in [0.1, 0.15) is 0 Å². The molecule has 3 N–H and O–H groups in total. The van der Waals surface area contributed by atoms with Crippen LogP contribution in [0, 0.1) is 0 Å². The van der Waals surface area contributed by atoms with Gasteiger partial charge in [0, 0.05) is 28.7 Å². The molecule has 0 bridgehead atoms. The first-order valence-electron chi connectivity index (χ1n) is 5.21. The van der Waals surface area contributed by atoms with E-state index in [0.29, 0.717) is 5.02 Å². The van der Waals surface area contributed by atoms with Gasteiger partial charge >= 0.3 is 5.97 Å². The maximum absolute atomic E-state index is 11.6. The maximum Gasteiger partial charge on any atom is 0.314 e. The lowest BCUT2D eigenvalue weighted by Crippen LogP contribution is -2.22. The number of ether oxygens (including phenoxy) is 1. The number of rotatable bonds is 3. The van der Waals surface area contributed by atoms with Gasteiger partial charge < -0.3 is 15.5 Å². The van der Waals surface area contributed by atoms with Crippen molar-refractivity contribution < 1.29 is 9.53 Å². The molecule has 0 fully saturated rings. The normalized spacial score (nSPS) is 11.9. The Bertz CT molecular complexity index is 554. The zero-order chi connectivity index (χ0) is 12.4. The number of carbonyl (C=O) groups excluding carboxylic acids is 1. The first-order chi connectivity index (χ1) is 8.17. The first kappa shape index (κ1) is 14.8. The Balaban J connectivity index is 0.00000162. The number of methoxy groups -OCH3 is 1. The SMILES string of the molecule is COC(=O)C(CN)c1c[nH]c2cc(Cl)ccc12.Cl. The summed E-state index contributed by atoms with van der Waals surface area (Å²) in [6, 6.07) is 5.46. The van der Waals surface area contributed by atoms with Crippen LogP contribution in [0.25, 0.3) is 10.9 Å². The number of carbonyl (C=O) groups is 1. The predicted octanol–water partition coefficient (Wildman–Crippen LogP) is 2.46. The van der Waals surface area contributed by atoms with E-state index in [1.165, 1.54) is 7.11 Å². The van der Waals surface area contributed by atoms with Crippen molar-refractivity contribution in [2.75, 3.05) is 13.7 Å². The molecule has 0 aliphatic heterocycles. The summed E-state index contributed by atoms with van der Waals surface area (Å²) in [6.07, 6.45) is 1.77. The highest BCUT2D eigenvalue weighted by atomic mass is 35.5. The molecule has 0 aliphatic rings. The monoisotopic (exact) mass is 288 g/mol. The fourth-order valence-electron chi connectivity index (χ4n) is 1.90. The summed E-state index contributed by atoms with van der Waals surface area (Å²) >= 11 is 5.89. The summed E-state index contributed by atoms with van der Waals surface area (Å²) in [5.41, 5.74) is 7.34. The number of hydrogen-bond donors (Lipinski definition) is 2. The third-order valence-corrected chi connectivity index (χ3v) is 3.01. The summed E-state index contributed by atoms with van der Waals surface area (Å²) in [5, 5.41) is 1.59. The van der Waals surface area contributed by atoms with Crippen LogP contribution < -0.4 is 5.73 Å². The van der Waals surface area contributed by atoms with Gasteiger partial charge in [0.15, 0.2) is 0 Å². The minimum absolute atomic E-state index is 0. The summed E-state index contributed by atoms with van der Waals surface area (Å²) in [7, 11) is 1.36. The average Bonchev–Trinajstić information content (AvgIpc) is 2.73. The van der Waals surface area contributed by atoms with Gasteiger partial charge in [-0.1, -0.05) is 17.7 Å². The quantitative estimate of drug-likeness (QED) is 0.853. The molecule has 6 heteroatoms. The summed E-state index contributed by atoms with van der Waals surface area (Å²) < 4.78 is 4.74. The second-order valence-corrected chi connectivity index (χ2v) is 4.18. The lowest BCUT2D eigenvalue weighted by Gasteiger charge is -2.11. The molecule has 0 radical (unpaired) electrons. The summed E-state index contributed by atoms with van der Waals surface area (Å²) in [5.74, 6) is -0.779. The van der Waals surface area contributed by atoms with Gasteiger partial charge in [-0.2, -0.15) is 0 Å². The van der Waals surface area contributed by atoms with Gasteiger partial charge in [-0.3, -0.25) is 4.79 Å². The largest absolute Gasteiger partial charge is 0.469 e. The number of hydrogen-bond acceptors (Lipinski definition) is 3. The van der Waals surface area contributed by atoms with Gasteiger partial charge in [0.05, 0.1) is 13.0 Å². The molecular formula is C12H14Cl2N2O2. The lowest BCUT2D eigenvalue weighted by atomic mass is 9.99. The Kier molecular flexibility index (Phi) is 5.02. The molecule has 0 saturated heterocycles. The zero-order valence-corrected chi connectivity index (χ0v) is 11.3. The highest BCUT2D eigenvalue weighted by Gasteiger charge is 2.22. The fourth-order valence-corrected chi connectivity index (χ4v) is 2.07. The molecule has 2 aromatic rings. The van der Waals surface area contributed by atoms with E-state index in [4.69, 9.17) is 22.1 Å². The van der Waals surface area contributed by atoms with E-state index in [0.717, 1.165) is 16.5 Å². The third-order valence-electron chi connectivity index (χ3n) is 2.77. The molecular weight excluding hydrogens is 275 g/mol. The van der Waals surface area contributed by atoms with E-state index >= 15 is 0 Å². The number of nitrogens with one attached hydrogen (secondary N) is 1. The number of halogens is 2. The molecule has 0 aliphatic carbocycles. The van der Waals surface area contributed by atoms with Crippen molar-refractivity contribution in [1.29, 1.82) is 0 Å². The molecule has 1 aromatic heterocycles. The van der Waals surface area contributed by atoms with E-state index in [-0.39, 0.29) is 24.9 Å². The summed E-state index contributed by atoms with van der Waals surface area (Å²) in [6.45, 7) is 0.211. The van der Waals surface area contributed by atoms with E-state index in [2.05, 4.69) is 4.98 Å². The molecule has 1 aromatic carbocycles. The van der Waals surface area contributed by atoms with Crippen LogP contribution in [0.5, 0.6) is 0 Å². The van der Waals surface area contributed by atoms with Crippen molar-refractivity contribution in [3.8, 4) is 0 Å². The minimum Gasteiger partial charge on any atom is -0.469 e. The second-order valence-electron chi connectivity index (χ2n) is 3.75. The van der Waals surface area contributed by atoms with E-state index in [9.17, 15) is 4.79 Å². The molecule has 98 valence electrons. The predicted molar refractivity (Wildman–Crippen MR) is 74.4 cm³/mol. The Morgan fingerprint density at radius 3 is 2.89 bits per heavy atom. The lowest BCUT2D eigenvalue weighted by molar-refractivity contribution is -0.142. The fraction of sp³-hybridized carbons (Fsp3) is 0.250. The van der Waals surface area contributed by atoms with Crippen molar-refractivity contribution in [2.45, 2.75) is 5.92 Å². The van der Waals surface area contributed by atoms with E-state index in [1.54, 1.807) is 12.3 Å². The van der Waals surface area contributed by atoms with Crippen LogP contribution in [0.2, 0.25) is 5.02 Å². The molecule has 0 spiro atoms. The third kappa shape index (κ3) is 2.61. The molecule has 18 heavy (non-hydrogen) atoms. The van der Waals surface area contributed by atoms with Gasteiger partial charge in [-0.25, -0.2) is 0 Å². The van der Waals surface area contributed by atoms with Gasteiger partial charge in [-0.05, 0) is 17.7 Å². The number of fused-ring (bicyclic) bond motifs is 1. The Morgan fingerprint density at radius 2 is 2.28 bits per heavy atom. The first-order valence-corrected chi connectivity index (χ1v) is 5.59. The number of benzene rings is 1. The number of aromatic nitrogens is 1. The molecule has 4 nitrogen and oxygen atoms in total. The Morgan fingerprint density at radius 1 is 1.56 bits per heavy atom. The number of esters is 1. The van der Waals surface area contributed by atoms with Crippen molar-refractivity contribution >= 4 is 40.9 Å². The Hall–Kier alpha value is -1.23. The average molecular weight is 289 g/mol. The van der Waals surface area contributed by atoms with Crippen molar-refractivity contribution in [2.24, 2.45) is 5.73 Å². The molecule has 1 atom stereocenters. The molecule has 0 amide bonds. The molecule has 0 saturated carbocycles. The van der Waals surface area contributed by atoms with Crippen LogP contribution in [0.3, 0.4) is 0 Å². The number of nitrogens with two attached hydrogens (primary N) is 1. The minimum atomic E-state index is -0.449. The molecule has 1 unspecified atom stereocenters. The standard InChI is InChI=1S/C12H13ClN2O2.ClH/c1-17-12(16)9(5-14)10-6-15-11-4-7(13)2-3-8(10)11;/h2-4,6,9,15H,5,14H2,1H3;1H. The highest BCUT2D eigenvalue weighted by Crippen LogP contribution is 2.27. The van der Waals surface area contributed by atoms with Crippen LogP contribution in [-0.2, 0) is 9.53 Å². The van der Waals surface area contributed by atoms with E-state index in [1.807, 2.05) is 12.1 Å². The van der Waals surface area contributed by atoms with E-state index < -0.39 is 5.92 Å². The maximum atomic E-state index is 11.6. The van der Waals surface area contributed by atoms with Crippen LogP contribution >= 0.6 is 24.0 Å². The van der Waals surface area contributed by atoms with Gasteiger partial charge in [0.2, 0.25) is 0 Å². The number of H-pyrrole nitrogens is 1. The Labute approximate surface area is 116 Å². The van der Waals surface area contributed by atoms with Crippen LogP contribution in [-0.4, -0.2) is 24.6 Å². The van der Waals surface area contributed by atoms with Gasteiger partial charge in [0.25, 0.3) is 0 Å². The zero-order valence-electron chi connectivity index (χ0n) is 9.77. The van der Waals surface area contributed by atoms with Crippen molar-refractivity contribution in [1.82, 2.24) is 4.98 Å². The van der Waals surface area contributed by atoms with Crippen molar-refractivity contribution in [3.63, 3.8) is 0 Å². The van der Waals surface area contributed by atoms with Crippen molar-refractivity contribution in [3.05, 3.63) is 35.0 Å².